The predicted molar refractivity (Wildman–Crippen MR) is 72.8 cm³/mol. The number of hydrogen-bond acceptors (Lipinski definition) is 3. The van der Waals surface area contributed by atoms with Crippen LogP contribution in [0.25, 0.3) is 0 Å². The largest absolute Gasteiger partial charge is 0.327 e. The van der Waals surface area contributed by atoms with Crippen molar-refractivity contribution in [2.45, 2.75) is 23.1 Å². The summed E-state index contributed by atoms with van der Waals surface area (Å²) in [6.07, 6.45) is 1.67. The number of nitrogens with zero attached hydrogens (tertiary/aromatic N) is 1. The average Bonchev–Trinajstić information content (AvgIpc) is 2.38. The highest BCUT2D eigenvalue weighted by Gasteiger charge is 2.20. The molecule has 100 valence electrons. The average molecular weight is 280 g/mol. The van der Waals surface area contributed by atoms with Crippen LogP contribution in [0, 0.1) is 11.6 Å². The van der Waals surface area contributed by atoms with Gasteiger partial charge in [-0.25, -0.2) is 8.78 Å². The summed E-state index contributed by atoms with van der Waals surface area (Å²) in [5.74, 6) is -1.16. The Bertz CT molecular complexity index is 546. The fraction of sp³-hybridized carbons (Fsp3) is 0.214. The predicted octanol–water partition coefficient (Wildman–Crippen LogP) is 3.54. The summed E-state index contributed by atoms with van der Waals surface area (Å²) < 4.78 is 26.5. The molecule has 5 heteroatoms. The minimum Gasteiger partial charge on any atom is -0.327 e. The van der Waals surface area contributed by atoms with Crippen molar-refractivity contribution in [3.63, 3.8) is 0 Å². The second-order valence-corrected chi connectivity index (χ2v) is 5.41. The SMILES string of the molecule is CC(N)C(Sc1ccc(F)cc1F)c1ccccn1. The summed E-state index contributed by atoms with van der Waals surface area (Å²) >= 11 is 1.26. The molecule has 1 heterocycles. The first kappa shape index (κ1) is 14.0. The molecule has 1 aromatic heterocycles. The number of rotatable bonds is 4. The Morgan fingerprint density at radius 1 is 1.21 bits per heavy atom. The lowest BCUT2D eigenvalue weighted by molar-refractivity contribution is 0.565. The maximum absolute atomic E-state index is 13.7. The van der Waals surface area contributed by atoms with Crippen LogP contribution in [0.2, 0.25) is 0 Å². The minimum absolute atomic E-state index is 0.179. The highest BCUT2D eigenvalue weighted by atomic mass is 32.2. The molecule has 0 radical (unpaired) electrons. The number of benzene rings is 1. The van der Waals surface area contributed by atoms with Crippen LogP contribution in [-0.2, 0) is 0 Å². The van der Waals surface area contributed by atoms with Crippen molar-refractivity contribution in [1.29, 1.82) is 0 Å². The van der Waals surface area contributed by atoms with E-state index in [9.17, 15) is 8.78 Å². The summed E-state index contributed by atoms with van der Waals surface area (Å²) in [6.45, 7) is 1.84. The van der Waals surface area contributed by atoms with Gasteiger partial charge >= 0.3 is 0 Å². The van der Waals surface area contributed by atoms with Crippen LogP contribution >= 0.6 is 11.8 Å². The minimum atomic E-state index is -0.586. The summed E-state index contributed by atoms with van der Waals surface area (Å²) in [5.41, 5.74) is 6.72. The highest BCUT2D eigenvalue weighted by molar-refractivity contribution is 7.99. The van der Waals surface area contributed by atoms with E-state index in [0.717, 1.165) is 11.8 Å². The molecule has 2 nitrogen and oxygen atoms in total. The van der Waals surface area contributed by atoms with Crippen LogP contribution in [0.5, 0.6) is 0 Å². The van der Waals surface area contributed by atoms with E-state index in [1.807, 2.05) is 25.1 Å². The van der Waals surface area contributed by atoms with Crippen LogP contribution in [0.1, 0.15) is 17.9 Å². The standard InChI is InChI=1S/C14H14F2N2S/c1-9(17)14(12-4-2-3-7-18-12)19-13-6-5-10(15)8-11(13)16/h2-9,14H,17H2,1H3. The first-order valence-electron chi connectivity index (χ1n) is 5.86. The molecule has 0 aliphatic carbocycles. The van der Waals surface area contributed by atoms with E-state index < -0.39 is 11.6 Å². The van der Waals surface area contributed by atoms with Gasteiger partial charge in [-0.05, 0) is 31.2 Å². The van der Waals surface area contributed by atoms with Gasteiger partial charge in [-0.1, -0.05) is 6.07 Å². The number of thioether (sulfide) groups is 1. The van der Waals surface area contributed by atoms with E-state index in [-0.39, 0.29) is 11.3 Å². The quantitative estimate of drug-likeness (QED) is 0.871. The Kier molecular flexibility index (Phi) is 4.50. The van der Waals surface area contributed by atoms with Gasteiger partial charge in [0.1, 0.15) is 11.6 Å². The topological polar surface area (TPSA) is 38.9 Å². The van der Waals surface area contributed by atoms with Crippen molar-refractivity contribution in [2.24, 2.45) is 5.73 Å². The Hall–Kier alpha value is -1.46. The lowest BCUT2D eigenvalue weighted by atomic mass is 10.2. The molecule has 0 amide bonds. The van der Waals surface area contributed by atoms with E-state index in [2.05, 4.69) is 4.98 Å². The number of nitrogens with two attached hydrogens (primary N) is 1. The molecule has 2 atom stereocenters. The molecule has 2 aromatic rings. The van der Waals surface area contributed by atoms with Crippen LogP contribution in [0.4, 0.5) is 8.78 Å². The number of halogens is 2. The molecule has 0 fully saturated rings. The Morgan fingerprint density at radius 3 is 2.58 bits per heavy atom. The summed E-state index contributed by atoms with van der Waals surface area (Å²) in [4.78, 5) is 4.62. The second-order valence-electron chi connectivity index (χ2n) is 4.23. The molecule has 0 saturated carbocycles. The van der Waals surface area contributed by atoms with Gasteiger partial charge in [0.25, 0.3) is 0 Å². The Morgan fingerprint density at radius 2 is 2.00 bits per heavy atom. The van der Waals surface area contributed by atoms with Gasteiger partial charge in [0.2, 0.25) is 0 Å². The Labute approximate surface area is 115 Å². The van der Waals surface area contributed by atoms with Gasteiger partial charge in [0.05, 0.1) is 10.9 Å². The van der Waals surface area contributed by atoms with Crippen molar-refractivity contribution >= 4 is 11.8 Å². The molecule has 2 N–H and O–H groups in total. The molecule has 2 rings (SSSR count). The van der Waals surface area contributed by atoms with E-state index in [1.165, 1.54) is 23.9 Å². The van der Waals surface area contributed by atoms with Gasteiger partial charge in [-0.3, -0.25) is 4.98 Å². The first-order chi connectivity index (χ1) is 9.08. The molecule has 0 aliphatic heterocycles. The molecule has 0 aliphatic rings. The zero-order chi connectivity index (χ0) is 13.8. The van der Waals surface area contributed by atoms with E-state index in [0.29, 0.717) is 4.90 Å². The van der Waals surface area contributed by atoms with Crippen molar-refractivity contribution in [2.75, 3.05) is 0 Å². The smallest absolute Gasteiger partial charge is 0.139 e. The van der Waals surface area contributed by atoms with E-state index in [4.69, 9.17) is 5.73 Å². The Balaban J connectivity index is 2.27. The summed E-state index contributed by atoms with van der Waals surface area (Å²) in [5, 5.41) is -0.179. The molecule has 0 bridgehead atoms. The summed E-state index contributed by atoms with van der Waals surface area (Å²) in [6, 6.07) is 8.85. The van der Waals surface area contributed by atoms with Crippen molar-refractivity contribution in [3.8, 4) is 0 Å². The molecule has 1 aromatic carbocycles. The molecular weight excluding hydrogens is 266 g/mol. The van der Waals surface area contributed by atoms with Gasteiger partial charge in [-0.2, -0.15) is 0 Å². The van der Waals surface area contributed by atoms with Crippen LogP contribution < -0.4 is 5.73 Å². The monoisotopic (exact) mass is 280 g/mol. The number of pyridine rings is 1. The maximum atomic E-state index is 13.7. The van der Waals surface area contributed by atoms with Crippen LogP contribution in [0.3, 0.4) is 0 Å². The normalized spacial score (nSPS) is 14.1. The zero-order valence-electron chi connectivity index (χ0n) is 10.4. The maximum Gasteiger partial charge on any atom is 0.139 e. The second kappa shape index (κ2) is 6.12. The third kappa shape index (κ3) is 3.52. The van der Waals surface area contributed by atoms with Crippen LogP contribution in [0.15, 0.2) is 47.5 Å². The van der Waals surface area contributed by atoms with Crippen LogP contribution in [-0.4, -0.2) is 11.0 Å². The lowest BCUT2D eigenvalue weighted by Crippen LogP contribution is -2.23. The van der Waals surface area contributed by atoms with Gasteiger partial charge in [0, 0.05) is 23.2 Å². The van der Waals surface area contributed by atoms with Gasteiger partial charge in [-0.15, -0.1) is 11.8 Å². The molecule has 2 unspecified atom stereocenters. The number of hydrogen-bond donors (Lipinski definition) is 1. The fourth-order valence-electron chi connectivity index (χ4n) is 1.69. The van der Waals surface area contributed by atoms with Crippen molar-refractivity contribution in [1.82, 2.24) is 4.98 Å². The number of aromatic nitrogens is 1. The third-order valence-corrected chi connectivity index (χ3v) is 4.11. The molecule has 0 spiro atoms. The molecule has 19 heavy (non-hydrogen) atoms. The highest BCUT2D eigenvalue weighted by Crippen LogP contribution is 2.37. The van der Waals surface area contributed by atoms with Gasteiger partial charge in [0.15, 0.2) is 0 Å². The van der Waals surface area contributed by atoms with Crippen molar-refractivity contribution in [3.05, 3.63) is 59.9 Å². The fourth-order valence-corrected chi connectivity index (χ4v) is 2.76. The van der Waals surface area contributed by atoms with Crippen molar-refractivity contribution < 1.29 is 8.78 Å². The van der Waals surface area contributed by atoms with E-state index >= 15 is 0 Å². The van der Waals surface area contributed by atoms with Gasteiger partial charge < -0.3 is 5.73 Å². The first-order valence-corrected chi connectivity index (χ1v) is 6.74. The lowest BCUT2D eigenvalue weighted by Gasteiger charge is -2.20. The summed E-state index contributed by atoms with van der Waals surface area (Å²) in [7, 11) is 0. The van der Waals surface area contributed by atoms with E-state index in [1.54, 1.807) is 6.20 Å². The molecular formula is C14H14F2N2S. The third-order valence-electron chi connectivity index (χ3n) is 2.60. The zero-order valence-corrected chi connectivity index (χ0v) is 11.2. The molecule has 0 saturated heterocycles.